The zero-order chi connectivity index (χ0) is 35.5. The van der Waals surface area contributed by atoms with E-state index < -0.39 is 0 Å². The molecule has 0 amide bonds. The molecule has 9 nitrogen and oxygen atoms in total. The molecule has 3 heterocycles. The Kier molecular flexibility index (Phi) is 9.44. The Hall–Kier alpha value is -6.09. The van der Waals surface area contributed by atoms with Crippen LogP contribution in [0.25, 0.3) is 68.3 Å². The average Bonchev–Trinajstić information content (AvgIpc) is 3.18. The highest BCUT2D eigenvalue weighted by molar-refractivity contribution is 5.70. The minimum absolute atomic E-state index is 0.0942. The van der Waals surface area contributed by atoms with Crippen LogP contribution in [0.3, 0.4) is 0 Å². The van der Waals surface area contributed by atoms with E-state index in [0.29, 0.717) is 40.8 Å². The molecule has 51 heavy (non-hydrogen) atoms. The van der Waals surface area contributed by atoms with Crippen LogP contribution >= 0.6 is 0 Å². The van der Waals surface area contributed by atoms with Gasteiger partial charge in [0.25, 0.3) is 0 Å². The summed E-state index contributed by atoms with van der Waals surface area (Å²) in [7, 11) is 0. The highest BCUT2D eigenvalue weighted by Gasteiger charge is 2.18. The van der Waals surface area contributed by atoms with Crippen molar-refractivity contribution in [2.75, 3.05) is 0 Å². The molecule has 0 saturated heterocycles. The maximum atomic E-state index is 4.98. The Bertz CT molecular complexity index is 2200. The standard InChI is InChI=1S/C42H39N9/c1-25(2)34-43-35(26(3)4)46-41(45-34)32-18-13-19-33(24-32)42-47-36(27(5)6)44-39(51-42)30-20-22-31(23-21-30)40-49-37(28-14-9-7-10-15-28)48-38(50-40)29-16-11-8-12-17-29/h7-27H,1-6H3. The van der Waals surface area contributed by atoms with E-state index in [1.165, 1.54) is 0 Å². The van der Waals surface area contributed by atoms with Crippen LogP contribution < -0.4 is 0 Å². The van der Waals surface area contributed by atoms with Gasteiger partial charge in [-0.25, -0.2) is 44.9 Å². The molecular formula is C42H39N9. The third-order valence-corrected chi connectivity index (χ3v) is 8.35. The summed E-state index contributed by atoms with van der Waals surface area (Å²) >= 11 is 0. The summed E-state index contributed by atoms with van der Waals surface area (Å²) in [6.45, 7) is 12.6. The Morgan fingerprint density at radius 3 is 0.922 bits per heavy atom. The van der Waals surface area contributed by atoms with E-state index in [4.69, 9.17) is 44.9 Å². The second-order valence-corrected chi connectivity index (χ2v) is 13.4. The Balaban J connectivity index is 1.26. The van der Waals surface area contributed by atoms with Crippen LogP contribution in [-0.2, 0) is 0 Å². The van der Waals surface area contributed by atoms with Crippen molar-refractivity contribution < 1.29 is 0 Å². The third kappa shape index (κ3) is 7.43. The maximum absolute atomic E-state index is 4.98. The van der Waals surface area contributed by atoms with Gasteiger partial charge in [-0.1, -0.05) is 145 Å². The zero-order valence-corrected chi connectivity index (χ0v) is 29.6. The highest BCUT2D eigenvalue weighted by atomic mass is 15.1. The van der Waals surface area contributed by atoms with E-state index in [-0.39, 0.29) is 17.8 Å². The van der Waals surface area contributed by atoms with Gasteiger partial charge < -0.3 is 0 Å². The molecule has 0 radical (unpaired) electrons. The Morgan fingerprint density at radius 1 is 0.275 bits per heavy atom. The molecule has 0 atom stereocenters. The first-order chi connectivity index (χ1) is 24.7. The lowest BCUT2D eigenvalue weighted by Crippen LogP contribution is -2.08. The molecule has 7 rings (SSSR count). The molecule has 0 bridgehead atoms. The number of hydrogen-bond acceptors (Lipinski definition) is 9. The number of rotatable bonds is 9. The Morgan fingerprint density at radius 2 is 0.549 bits per heavy atom. The van der Waals surface area contributed by atoms with Crippen molar-refractivity contribution in [1.82, 2.24) is 44.9 Å². The molecule has 0 saturated carbocycles. The summed E-state index contributed by atoms with van der Waals surface area (Å²) in [5.74, 6) is 6.40. The molecule has 4 aromatic carbocycles. The van der Waals surface area contributed by atoms with Crippen LogP contribution in [0.1, 0.15) is 76.8 Å². The second kappa shape index (κ2) is 14.4. The van der Waals surface area contributed by atoms with Crippen LogP contribution in [0.15, 0.2) is 109 Å². The van der Waals surface area contributed by atoms with Gasteiger partial charge in [0.05, 0.1) is 0 Å². The lowest BCUT2D eigenvalue weighted by Gasteiger charge is -2.13. The molecule has 0 aliphatic rings. The Labute approximate surface area is 298 Å². The molecule has 0 unspecified atom stereocenters. The molecule has 7 aromatic rings. The van der Waals surface area contributed by atoms with Crippen LogP contribution in [0.5, 0.6) is 0 Å². The molecule has 3 aromatic heterocycles. The fourth-order valence-corrected chi connectivity index (χ4v) is 5.47. The van der Waals surface area contributed by atoms with Gasteiger partial charge in [-0.3, -0.25) is 0 Å². The molecule has 252 valence electrons. The van der Waals surface area contributed by atoms with E-state index >= 15 is 0 Å². The molecule has 0 N–H and O–H groups in total. The first-order valence-corrected chi connectivity index (χ1v) is 17.3. The number of nitrogens with zero attached hydrogens (tertiary/aromatic N) is 9. The van der Waals surface area contributed by atoms with E-state index in [9.17, 15) is 0 Å². The third-order valence-electron chi connectivity index (χ3n) is 8.35. The van der Waals surface area contributed by atoms with Crippen molar-refractivity contribution in [2.45, 2.75) is 59.3 Å². The van der Waals surface area contributed by atoms with Crippen molar-refractivity contribution in [2.24, 2.45) is 0 Å². The fraction of sp³-hybridized carbons (Fsp3) is 0.214. The first-order valence-electron chi connectivity index (χ1n) is 17.3. The van der Waals surface area contributed by atoms with Gasteiger partial charge in [0.1, 0.15) is 17.5 Å². The van der Waals surface area contributed by atoms with Gasteiger partial charge in [-0.2, -0.15) is 0 Å². The van der Waals surface area contributed by atoms with E-state index in [1.54, 1.807) is 0 Å². The minimum Gasteiger partial charge on any atom is -0.217 e. The highest BCUT2D eigenvalue weighted by Crippen LogP contribution is 2.29. The van der Waals surface area contributed by atoms with E-state index in [1.807, 2.05) is 109 Å². The van der Waals surface area contributed by atoms with Gasteiger partial charge in [0.2, 0.25) is 0 Å². The van der Waals surface area contributed by atoms with Gasteiger partial charge in [0.15, 0.2) is 34.9 Å². The molecule has 0 aliphatic carbocycles. The summed E-state index contributed by atoms with van der Waals surface area (Å²) in [6.07, 6.45) is 0. The largest absolute Gasteiger partial charge is 0.217 e. The van der Waals surface area contributed by atoms with Crippen molar-refractivity contribution in [3.8, 4) is 68.3 Å². The van der Waals surface area contributed by atoms with Crippen LogP contribution in [-0.4, -0.2) is 44.9 Å². The summed E-state index contributed by atoms with van der Waals surface area (Å²) < 4.78 is 0. The maximum Gasteiger partial charge on any atom is 0.164 e. The monoisotopic (exact) mass is 669 g/mol. The normalized spacial score (nSPS) is 11.5. The number of benzene rings is 4. The lowest BCUT2D eigenvalue weighted by molar-refractivity contribution is 0.697. The summed E-state index contributed by atoms with van der Waals surface area (Å²) in [6, 6.07) is 36.0. The van der Waals surface area contributed by atoms with Gasteiger partial charge in [-0.15, -0.1) is 0 Å². The molecular weight excluding hydrogens is 631 g/mol. The fourth-order valence-electron chi connectivity index (χ4n) is 5.47. The van der Waals surface area contributed by atoms with Crippen LogP contribution in [0.2, 0.25) is 0 Å². The number of aromatic nitrogens is 9. The second-order valence-electron chi connectivity index (χ2n) is 13.4. The van der Waals surface area contributed by atoms with Crippen molar-refractivity contribution in [1.29, 1.82) is 0 Å². The summed E-state index contributed by atoms with van der Waals surface area (Å²) in [5, 5.41) is 0. The predicted molar refractivity (Wildman–Crippen MR) is 201 cm³/mol. The van der Waals surface area contributed by atoms with Gasteiger partial charge in [0, 0.05) is 51.1 Å². The minimum atomic E-state index is 0.0942. The van der Waals surface area contributed by atoms with Crippen LogP contribution in [0.4, 0.5) is 0 Å². The van der Waals surface area contributed by atoms with Gasteiger partial charge >= 0.3 is 0 Å². The van der Waals surface area contributed by atoms with Crippen molar-refractivity contribution >= 4 is 0 Å². The van der Waals surface area contributed by atoms with E-state index in [2.05, 4.69) is 41.5 Å². The zero-order valence-electron chi connectivity index (χ0n) is 29.6. The predicted octanol–water partition coefficient (Wildman–Crippen LogP) is 9.61. The molecule has 0 spiro atoms. The smallest absolute Gasteiger partial charge is 0.164 e. The first kappa shape index (κ1) is 33.4. The van der Waals surface area contributed by atoms with E-state index in [0.717, 1.165) is 45.0 Å². The molecule has 0 fully saturated rings. The van der Waals surface area contributed by atoms with Crippen molar-refractivity contribution in [3.63, 3.8) is 0 Å². The topological polar surface area (TPSA) is 116 Å². The number of hydrogen-bond donors (Lipinski definition) is 0. The summed E-state index contributed by atoms with van der Waals surface area (Å²) in [5.41, 5.74) is 5.32. The average molecular weight is 670 g/mol. The SMILES string of the molecule is CC(C)c1nc(-c2ccc(-c3nc(-c4ccccc4)nc(-c4ccccc4)n3)cc2)nc(-c2cccc(-c3nc(C(C)C)nc(C(C)C)n3)c2)n1. The molecule has 0 aliphatic heterocycles. The van der Waals surface area contributed by atoms with Gasteiger partial charge in [-0.05, 0) is 6.07 Å². The lowest BCUT2D eigenvalue weighted by atomic mass is 10.1. The van der Waals surface area contributed by atoms with Crippen LogP contribution in [0, 0.1) is 0 Å². The quantitative estimate of drug-likeness (QED) is 0.148. The summed E-state index contributed by atoms with van der Waals surface area (Å²) in [4.78, 5) is 43.7. The van der Waals surface area contributed by atoms with Crippen molar-refractivity contribution in [3.05, 3.63) is 127 Å². The molecule has 9 heteroatoms.